The van der Waals surface area contributed by atoms with Gasteiger partial charge in [0.15, 0.2) is 0 Å². The molecule has 1 aromatic heterocycles. The average Bonchev–Trinajstić information content (AvgIpc) is 3.26. The maximum Gasteiger partial charge on any atom is 0.267 e. The quantitative estimate of drug-likeness (QED) is 0.506. The van der Waals surface area contributed by atoms with Crippen molar-refractivity contribution in [1.82, 2.24) is 4.98 Å². The minimum atomic E-state index is -0.536. The van der Waals surface area contributed by atoms with E-state index in [1.54, 1.807) is 13.2 Å². The van der Waals surface area contributed by atoms with E-state index in [9.17, 15) is 4.79 Å². The van der Waals surface area contributed by atoms with Crippen LogP contribution < -0.4 is 15.2 Å². The normalized spacial score (nSPS) is 14.6. The Kier molecular flexibility index (Phi) is 6.09. The molecule has 3 aromatic rings. The number of nitrogens with two attached hydrogens (primary N) is 1. The van der Waals surface area contributed by atoms with Crippen LogP contribution >= 0.6 is 0 Å². The zero-order chi connectivity index (χ0) is 22.9. The first-order valence-electron chi connectivity index (χ1n) is 11.3. The smallest absolute Gasteiger partial charge is 0.267 e. The fourth-order valence-corrected chi connectivity index (χ4v) is 4.57. The average molecular weight is 433 g/mol. The second kappa shape index (κ2) is 8.81. The molecule has 1 aliphatic rings. The van der Waals surface area contributed by atoms with Crippen LogP contribution in [0.3, 0.4) is 0 Å². The maximum atomic E-state index is 12.0. The first-order valence-corrected chi connectivity index (χ1v) is 11.3. The Bertz CT molecular complexity index is 1120. The lowest BCUT2D eigenvalue weighted by atomic mass is 9.87. The van der Waals surface area contributed by atoms with Gasteiger partial charge in [-0.1, -0.05) is 58.6 Å². The zero-order valence-electron chi connectivity index (χ0n) is 19.4. The van der Waals surface area contributed by atoms with Crippen molar-refractivity contribution in [3.63, 3.8) is 0 Å². The van der Waals surface area contributed by atoms with Crippen LogP contribution in [0.2, 0.25) is 0 Å². The highest BCUT2D eigenvalue weighted by Crippen LogP contribution is 2.40. The minimum absolute atomic E-state index is 0.0782. The van der Waals surface area contributed by atoms with Gasteiger partial charge in [-0.05, 0) is 53.6 Å². The van der Waals surface area contributed by atoms with Gasteiger partial charge in [-0.25, -0.2) is 4.98 Å². The van der Waals surface area contributed by atoms with Crippen molar-refractivity contribution >= 4 is 16.7 Å². The summed E-state index contributed by atoms with van der Waals surface area (Å²) < 4.78 is 12.0. The summed E-state index contributed by atoms with van der Waals surface area (Å²) in [5, 5.41) is 1.69. The number of aromatic nitrogens is 1. The van der Waals surface area contributed by atoms with Gasteiger partial charge in [0.2, 0.25) is 0 Å². The summed E-state index contributed by atoms with van der Waals surface area (Å²) in [7, 11) is 1.63. The largest absolute Gasteiger partial charge is 0.496 e. The summed E-state index contributed by atoms with van der Waals surface area (Å²) in [6, 6.07) is 13.7. The fraction of sp³-hybridized carbons (Fsp3) is 0.407. The van der Waals surface area contributed by atoms with Crippen molar-refractivity contribution < 1.29 is 14.3 Å². The molecular formula is C27H32N2O3. The van der Waals surface area contributed by atoms with Crippen LogP contribution in [0.15, 0.2) is 42.5 Å². The van der Waals surface area contributed by atoms with E-state index < -0.39 is 5.91 Å². The molecule has 4 rings (SSSR count). The van der Waals surface area contributed by atoms with Gasteiger partial charge in [0, 0.05) is 10.8 Å². The number of amides is 1. The Hall–Kier alpha value is -3.08. The molecule has 168 valence electrons. The Balaban J connectivity index is 1.82. The molecule has 5 nitrogen and oxygen atoms in total. The van der Waals surface area contributed by atoms with Crippen LogP contribution in [-0.4, -0.2) is 18.0 Å². The number of carbonyl (C=O) groups excluding carboxylic acids is 1. The lowest BCUT2D eigenvalue weighted by molar-refractivity contribution is 0.0995. The number of ether oxygens (including phenoxy) is 2. The van der Waals surface area contributed by atoms with Gasteiger partial charge in [-0.3, -0.25) is 4.79 Å². The van der Waals surface area contributed by atoms with Gasteiger partial charge < -0.3 is 15.2 Å². The van der Waals surface area contributed by atoms with Gasteiger partial charge in [-0.2, -0.15) is 0 Å². The van der Waals surface area contributed by atoms with E-state index in [0.717, 1.165) is 28.6 Å². The molecule has 1 fully saturated rings. The van der Waals surface area contributed by atoms with Crippen molar-refractivity contribution in [2.75, 3.05) is 7.11 Å². The third-order valence-electron chi connectivity index (χ3n) is 6.37. The molecule has 1 amide bonds. The molecule has 0 bridgehead atoms. The molecule has 2 N–H and O–H groups in total. The Morgan fingerprint density at radius 3 is 2.31 bits per heavy atom. The highest BCUT2D eigenvalue weighted by molar-refractivity contribution is 6.01. The maximum absolute atomic E-state index is 12.0. The fourth-order valence-electron chi connectivity index (χ4n) is 4.57. The number of hydrogen-bond donors (Lipinski definition) is 1. The van der Waals surface area contributed by atoms with E-state index in [2.05, 4.69) is 37.9 Å². The number of primary amides is 1. The number of rotatable bonds is 6. The zero-order valence-corrected chi connectivity index (χ0v) is 19.4. The van der Waals surface area contributed by atoms with Crippen molar-refractivity contribution in [2.24, 2.45) is 11.7 Å². The van der Waals surface area contributed by atoms with Crippen LogP contribution in [0.4, 0.5) is 0 Å². The van der Waals surface area contributed by atoms with Gasteiger partial charge in [0.25, 0.3) is 5.91 Å². The Morgan fingerprint density at radius 1 is 1.06 bits per heavy atom. The van der Waals surface area contributed by atoms with Crippen molar-refractivity contribution in [3.05, 3.63) is 59.4 Å². The molecule has 0 unspecified atom stereocenters. The summed E-state index contributed by atoms with van der Waals surface area (Å²) in [5.74, 6) is 2.16. The van der Waals surface area contributed by atoms with Crippen molar-refractivity contribution in [3.8, 4) is 17.2 Å². The SMILES string of the molecule is COc1ccc(Oc2ccc(C(C)(C)C)cc2)c2c(CC3CCCC3)nc(C(N)=O)cc12. The molecule has 0 radical (unpaired) electrons. The number of methoxy groups -OCH3 is 1. The molecule has 1 saturated carbocycles. The third-order valence-corrected chi connectivity index (χ3v) is 6.37. The molecule has 32 heavy (non-hydrogen) atoms. The number of nitrogens with zero attached hydrogens (tertiary/aromatic N) is 1. The summed E-state index contributed by atoms with van der Waals surface area (Å²) in [4.78, 5) is 16.7. The topological polar surface area (TPSA) is 74.4 Å². The van der Waals surface area contributed by atoms with Gasteiger partial charge in [-0.15, -0.1) is 0 Å². The first kappa shape index (κ1) is 22.1. The lowest BCUT2D eigenvalue weighted by Crippen LogP contribution is -2.15. The van der Waals surface area contributed by atoms with E-state index in [-0.39, 0.29) is 11.1 Å². The van der Waals surface area contributed by atoms with Gasteiger partial charge >= 0.3 is 0 Å². The van der Waals surface area contributed by atoms with Crippen molar-refractivity contribution in [2.45, 2.75) is 58.3 Å². The van der Waals surface area contributed by atoms with Crippen molar-refractivity contribution in [1.29, 1.82) is 0 Å². The van der Waals surface area contributed by atoms with E-state index in [4.69, 9.17) is 15.2 Å². The first-order chi connectivity index (χ1) is 15.3. The molecule has 2 aromatic carbocycles. The molecule has 0 spiro atoms. The van der Waals surface area contributed by atoms with E-state index >= 15 is 0 Å². The number of fused-ring (bicyclic) bond motifs is 1. The number of benzene rings is 2. The van der Waals surface area contributed by atoms with Crippen LogP contribution in [0.5, 0.6) is 17.2 Å². The predicted molar refractivity (Wildman–Crippen MR) is 128 cm³/mol. The molecule has 0 aliphatic heterocycles. The molecule has 5 heteroatoms. The van der Waals surface area contributed by atoms with Crippen LogP contribution in [0, 0.1) is 5.92 Å². The van der Waals surface area contributed by atoms with Gasteiger partial charge in [0.1, 0.15) is 22.9 Å². The summed E-state index contributed by atoms with van der Waals surface area (Å²) >= 11 is 0. The van der Waals surface area contributed by atoms with E-state index in [1.807, 2.05) is 24.3 Å². The lowest BCUT2D eigenvalue weighted by Gasteiger charge is -2.20. The van der Waals surface area contributed by atoms with Gasteiger partial charge in [0.05, 0.1) is 12.8 Å². The highest BCUT2D eigenvalue weighted by atomic mass is 16.5. The summed E-state index contributed by atoms with van der Waals surface area (Å²) in [6.07, 6.45) is 5.64. The molecule has 0 atom stereocenters. The van der Waals surface area contributed by atoms with Crippen LogP contribution in [-0.2, 0) is 11.8 Å². The molecule has 1 heterocycles. The second-order valence-corrected chi connectivity index (χ2v) is 9.74. The molecule has 0 saturated heterocycles. The van der Waals surface area contributed by atoms with Crippen LogP contribution in [0.25, 0.3) is 10.8 Å². The summed E-state index contributed by atoms with van der Waals surface area (Å²) in [5.41, 5.74) is 8.05. The third kappa shape index (κ3) is 4.57. The van der Waals surface area contributed by atoms with E-state index in [1.165, 1.54) is 31.2 Å². The molecular weight excluding hydrogens is 400 g/mol. The Labute approximate surface area is 189 Å². The number of carbonyl (C=O) groups is 1. The Morgan fingerprint density at radius 2 is 1.72 bits per heavy atom. The number of hydrogen-bond acceptors (Lipinski definition) is 4. The summed E-state index contributed by atoms with van der Waals surface area (Å²) in [6.45, 7) is 6.57. The highest BCUT2D eigenvalue weighted by Gasteiger charge is 2.22. The van der Waals surface area contributed by atoms with E-state index in [0.29, 0.717) is 17.4 Å². The molecule has 1 aliphatic carbocycles. The van der Waals surface area contributed by atoms with Crippen LogP contribution in [0.1, 0.15) is 68.2 Å². The number of pyridine rings is 1. The second-order valence-electron chi connectivity index (χ2n) is 9.74. The standard InChI is InChI=1S/C27H32N2O3/c1-27(2,3)18-9-11-19(12-10-18)32-24-14-13-23(31-4)20-16-22(26(28)30)29-21(25(20)24)15-17-7-5-6-8-17/h9-14,16-17H,5-8,15H2,1-4H3,(H2,28,30). The monoisotopic (exact) mass is 432 g/mol. The predicted octanol–water partition coefficient (Wildman–Crippen LogP) is 6.16. The minimum Gasteiger partial charge on any atom is -0.496 e.